The Kier molecular flexibility index (Phi) is 6.86. The van der Waals surface area contributed by atoms with Crippen LogP contribution in [0.5, 0.6) is 0 Å². The third-order valence-corrected chi connectivity index (χ3v) is 10.9. The number of hydrogen-bond acceptors (Lipinski definition) is 8. The molecule has 2 saturated heterocycles. The van der Waals surface area contributed by atoms with Gasteiger partial charge in [-0.25, -0.2) is 0 Å². The van der Waals surface area contributed by atoms with Gasteiger partial charge < -0.3 is 0 Å². The second-order valence-corrected chi connectivity index (χ2v) is 14.2. The molecule has 4 fully saturated rings. The van der Waals surface area contributed by atoms with Crippen LogP contribution in [0.4, 0.5) is 14.6 Å². The molecule has 0 unspecified atom stereocenters. The number of nitrogens with one attached hydrogen (secondary N) is 2. The molecule has 0 bridgehead atoms. The molecule has 37 heavy (non-hydrogen) atoms. The minimum atomic E-state index is -2.61. The van der Waals surface area contributed by atoms with Crippen molar-refractivity contribution in [3.05, 3.63) is 23.4 Å². The van der Waals surface area contributed by atoms with Crippen molar-refractivity contribution in [2.24, 2.45) is 10.2 Å². The molecule has 4 aliphatic rings. The predicted molar refractivity (Wildman–Crippen MR) is 147 cm³/mol. The van der Waals surface area contributed by atoms with Crippen LogP contribution < -0.4 is 14.9 Å². The molecule has 0 amide bonds. The quantitative estimate of drug-likeness (QED) is 0.191. The van der Waals surface area contributed by atoms with Crippen LogP contribution in [0, 0.1) is 0 Å². The van der Waals surface area contributed by atoms with Gasteiger partial charge in [0.2, 0.25) is 0 Å². The topological polar surface area (TPSA) is 72.6 Å². The number of hydrogen-bond donors (Lipinski definition) is 2. The molecule has 200 valence electrons. The number of halogens is 2. The number of rotatable bonds is 10. The number of anilines is 1. The number of pyridine rings is 1. The van der Waals surface area contributed by atoms with Gasteiger partial charge in [0.25, 0.3) is 0 Å². The van der Waals surface area contributed by atoms with Crippen LogP contribution in [-0.4, -0.2) is 98.1 Å². The first-order chi connectivity index (χ1) is 17.8. The molecular weight excluding hydrogens is 561 g/mol. The van der Waals surface area contributed by atoms with Gasteiger partial charge in [-0.05, 0) is 0 Å². The van der Waals surface area contributed by atoms with Gasteiger partial charge in [-0.15, -0.1) is 0 Å². The monoisotopic (exact) mass is 596 g/mol. The molecule has 0 atom stereocenters. The van der Waals surface area contributed by atoms with E-state index in [0.717, 1.165) is 73.1 Å². The summed E-state index contributed by atoms with van der Waals surface area (Å²) in [5, 5.41) is 16.5. The van der Waals surface area contributed by atoms with E-state index in [2.05, 4.69) is 67.4 Å². The summed E-state index contributed by atoms with van der Waals surface area (Å²) in [4.78, 5) is 5.95. The standard InChI is InChI=1S/C25H34F2N8SSe/c1-24(6-7-24)32-36-17-10-19-18(12-37-23(22(26)27)30-28-2)21(16-4-5-16)31-35(19)20(11-17)34-9-8-29-25(15-34)13-33(3)14-25/h10-11,16,22,29,32H,2,4-9,12-15H2,1,3H3/b30-23-. The molecule has 8 nitrogen and oxygen atoms in total. The van der Waals surface area contributed by atoms with E-state index in [1.807, 2.05) is 0 Å². The van der Waals surface area contributed by atoms with E-state index in [1.165, 1.54) is 12.8 Å². The first kappa shape index (κ1) is 25.7. The number of nitrogens with zero attached hydrogens (tertiary/aromatic N) is 6. The van der Waals surface area contributed by atoms with Crippen molar-refractivity contribution in [3.8, 4) is 0 Å². The molecule has 2 aliphatic heterocycles. The van der Waals surface area contributed by atoms with Gasteiger partial charge in [0.1, 0.15) is 0 Å². The Bertz CT molecular complexity index is 1210. The second kappa shape index (κ2) is 9.88. The number of likely N-dealkylation sites (N-methyl/N-ethyl adjacent to an activating group) is 1. The molecule has 4 heterocycles. The Morgan fingerprint density at radius 2 is 2.11 bits per heavy atom. The van der Waals surface area contributed by atoms with Crippen LogP contribution >= 0.6 is 11.9 Å². The second-order valence-electron chi connectivity index (χ2n) is 11.2. The fraction of sp³-hybridized carbons (Fsp3) is 0.640. The number of likely N-dealkylation sites (tertiary alicyclic amines) is 1. The molecule has 2 saturated carbocycles. The summed E-state index contributed by atoms with van der Waals surface area (Å²) in [6.07, 6.45) is 1.96. The number of piperazine rings is 1. The van der Waals surface area contributed by atoms with Crippen molar-refractivity contribution in [2.45, 2.75) is 66.2 Å². The van der Waals surface area contributed by atoms with Crippen LogP contribution in [0.3, 0.4) is 0 Å². The maximum absolute atomic E-state index is 13.6. The molecule has 2 aromatic rings. The molecule has 0 radical (unpaired) electrons. The Morgan fingerprint density at radius 1 is 1.32 bits per heavy atom. The minimum absolute atomic E-state index is 0.112. The zero-order valence-corrected chi connectivity index (χ0v) is 23.9. The Hall–Kier alpha value is -1.56. The van der Waals surface area contributed by atoms with Crippen LogP contribution in [0.1, 0.15) is 49.8 Å². The molecule has 2 N–H and O–H groups in total. The molecule has 2 aliphatic carbocycles. The van der Waals surface area contributed by atoms with E-state index >= 15 is 0 Å². The molecular formula is C25H34F2N8SSe. The molecule has 1 spiro atoms. The van der Waals surface area contributed by atoms with Gasteiger partial charge in [0, 0.05) is 0 Å². The zero-order valence-electron chi connectivity index (χ0n) is 21.3. The normalized spacial score (nSPS) is 23.2. The van der Waals surface area contributed by atoms with E-state index in [-0.39, 0.29) is 15.7 Å². The Morgan fingerprint density at radius 3 is 2.76 bits per heavy atom. The average Bonchev–Trinajstić information content (AvgIpc) is 3.79. The summed E-state index contributed by atoms with van der Waals surface area (Å²) in [5.41, 5.74) is 3.50. The Labute approximate surface area is 227 Å². The summed E-state index contributed by atoms with van der Waals surface area (Å²) >= 11 is 1.15. The zero-order chi connectivity index (χ0) is 25.8. The van der Waals surface area contributed by atoms with E-state index in [9.17, 15) is 8.78 Å². The fourth-order valence-electron chi connectivity index (χ4n) is 5.46. The van der Waals surface area contributed by atoms with E-state index in [0.29, 0.717) is 11.2 Å². The van der Waals surface area contributed by atoms with Gasteiger partial charge in [-0.1, -0.05) is 0 Å². The van der Waals surface area contributed by atoms with Crippen LogP contribution in [0.25, 0.3) is 5.52 Å². The SMILES string of the molecule is C=N/N=C(\[Se]Cc1c(C2CC2)nn2c(N3CCNC4(CN(C)C4)C3)cc(SNC3(C)CC3)cc12)C(F)F. The van der Waals surface area contributed by atoms with Gasteiger partial charge in [0.05, 0.1) is 0 Å². The van der Waals surface area contributed by atoms with Gasteiger partial charge in [0.15, 0.2) is 0 Å². The van der Waals surface area contributed by atoms with Crippen LogP contribution in [0.2, 0.25) is 0 Å². The van der Waals surface area contributed by atoms with Crippen molar-refractivity contribution in [1.82, 2.24) is 24.6 Å². The first-order valence-corrected chi connectivity index (χ1v) is 15.8. The molecule has 12 heteroatoms. The molecule has 0 aromatic carbocycles. The number of fused-ring (bicyclic) bond motifs is 1. The van der Waals surface area contributed by atoms with Crippen molar-refractivity contribution in [1.29, 1.82) is 0 Å². The number of aromatic nitrogens is 2. The summed E-state index contributed by atoms with van der Waals surface area (Å²) in [7, 11) is 2.16. The fourth-order valence-corrected chi connectivity index (χ4v) is 8.10. The third-order valence-electron chi connectivity index (χ3n) is 7.77. The van der Waals surface area contributed by atoms with Gasteiger partial charge in [-0.3, -0.25) is 0 Å². The summed E-state index contributed by atoms with van der Waals surface area (Å²) < 4.78 is 32.7. The van der Waals surface area contributed by atoms with E-state index < -0.39 is 21.4 Å². The van der Waals surface area contributed by atoms with Crippen molar-refractivity contribution in [2.75, 3.05) is 44.7 Å². The van der Waals surface area contributed by atoms with Gasteiger partial charge in [-0.2, -0.15) is 0 Å². The number of alkyl halides is 2. The summed E-state index contributed by atoms with van der Waals surface area (Å²) in [6, 6.07) is 4.45. The maximum atomic E-state index is 13.6. The Balaban J connectivity index is 1.39. The van der Waals surface area contributed by atoms with Crippen LogP contribution in [0.15, 0.2) is 27.2 Å². The van der Waals surface area contributed by atoms with E-state index in [4.69, 9.17) is 5.10 Å². The third kappa shape index (κ3) is 5.33. The molecule has 2 aromatic heterocycles. The van der Waals surface area contributed by atoms with Gasteiger partial charge >= 0.3 is 227 Å². The van der Waals surface area contributed by atoms with Crippen molar-refractivity contribution >= 4 is 49.6 Å². The van der Waals surface area contributed by atoms with Crippen molar-refractivity contribution in [3.63, 3.8) is 0 Å². The van der Waals surface area contributed by atoms with E-state index in [1.54, 1.807) is 11.9 Å². The average molecular weight is 596 g/mol. The molecule has 6 rings (SSSR count). The summed E-state index contributed by atoms with van der Waals surface area (Å²) in [5.74, 6) is 1.51. The predicted octanol–water partition coefficient (Wildman–Crippen LogP) is 2.94. The summed E-state index contributed by atoms with van der Waals surface area (Å²) in [6.45, 7) is 10.4. The van der Waals surface area contributed by atoms with Crippen LogP contribution in [-0.2, 0) is 5.32 Å². The van der Waals surface area contributed by atoms with Crippen molar-refractivity contribution < 1.29 is 8.78 Å². The first-order valence-electron chi connectivity index (χ1n) is 12.9.